The highest BCUT2D eigenvalue weighted by Gasteiger charge is 2.30. The largest absolute Gasteiger partial charge is 0.489 e. The normalized spacial score (nSPS) is 14.4. The zero-order chi connectivity index (χ0) is 22.4. The first kappa shape index (κ1) is 23.0. The van der Waals surface area contributed by atoms with Gasteiger partial charge in [0.05, 0.1) is 22.8 Å². The SMILES string of the molecule is CC(C)(C)OC(=O)CCN1CCOc2c(Cl)c(Br)c(F)c3nc(S(C)(=O)=O)nc1c23. The van der Waals surface area contributed by atoms with Gasteiger partial charge in [0.25, 0.3) is 0 Å². The number of carbonyl (C=O) groups excluding carboxylic acids is 1. The highest BCUT2D eigenvalue weighted by Crippen LogP contribution is 2.45. The predicted molar refractivity (Wildman–Crippen MR) is 113 cm³/mol. The first-order valence-electron chi connectivity index (χ1n) is 8.97. The first-order valence-corrected chi connectivity index (χ1v) is 12.0. The number of hydrogen-bond donors (Lipinski definition) is 0. The summed E-state index contributed by atoms with van der Waals surface area (Å²) in [6, 6.07) is 0. The van der Waals surface area contributed by atoms with Crippen LogP contribution < -0.4 is 9.64 Å². The Labute approximate surface area is 186 Å². The maximum atomic E-state index is 14.9. The summed E-state index contributed by atoms with van der Waals surface area (Å²) in [5.41, 5.74) is -0.879. The summed E-state index contributed by atoms with van der Waals surface area (Å²) >= 11 is 9.32. The van der Waals surface area contributed by atoms with Gasteiger partial charge in [0.1, 0.15) is 28.6 Å². The van der Waals surface area contributed by atoms with Crippen LogP contribution in [0.5, 0.6) is 5.75 Å². The molecule has 164 valence electrons. The Morgan fingerprint density at radius 2 is 2.03 bits per heavy atom. The van der Waals surface area contributed by atoms with Crippen molar-refractivity contribution in [3.63, 3.8) is 0 Å². The number of hydrogen-bond acceptors (Lipinski definition) is 8. The first-order chi connectivity index (χ1) is 13.8. The molecule has 0 radical (unpaired) electrons. The van der Waals surface area contributed by atoms with Gasteiger partial charge in [-0.05, 0) is 36.7 Å². The second-order valence-corrected chi connectivity index (χ2v) is 10.8. The Morgan fingerprint density at radius 1 is 1.37 bits per heavy atom. The van der Waals surface area contributed by atoms with Gasteiger partial charge in [0.2, 0.25) is 15.0 Å². The van der Waals surface area contributed by atoms with E-state index < -0.39 is 32.4 Å². The molecule has 3 rings (SSSR count). The van der Waals surface area contributed by atoms with Crippen LogP contribution in [-0.2, 0) is 19.4 Å². The van der Waals surface area contributed by atoms with E-state index in [9.17, 15) is 17.6 Å². The lowest BCUT2D eigenvalue weighted by atomic mass is 10.2. The van der Waals surface area contributed by atoms with E-state index in [0.29, 0.717) is 0 Å². The Balaban J connectivity index is 2.15. The predicted octanol–water partition coefficient (Wildman–Crippen LogP) is 3.52. The number of rotatable bonds is 4. The van der Waals surface area contributed by atoms with Gasteiger partial charge >= 0.3 is 5.97 Å². The van der Waals surface area contributed by atoms with Crippen LogP contribution in [0, 0.1) is 5.82 Å². The van der Waals surface area contributed by atoms with Crippen LogP contribution in [0.2, 0.25) is 5.02 Å². The van der Waals surface area contributed by atoms with Crippen LogP contribution in [0.15, 0.2) is 9.63 Å². The van der Waals surface area contributed by atoms with Gasteiger partial charge in [-0.2, -0.15) is 0 Å². The van der Waals surface area contributed by atoms with E-state index in [4.69, 9.17) is 21.1 Å². The van der Waals surface area contributed by atoms with Gasteiger partial charge in [-0.15, -0.1) is 0 Å². The fraction of sp³-hybridized carbons (Fsp3) is 0.500. The number of esters is 1. The molecule has 0 spiro atoms. The molecule has 0 amide bonds. The summed E-state index contributed by atoms with van der Waals surface area (Å²) in [6.07, 6.45) is 0.946. The highest BCUT2D eigenvalue weighted by molar-refractivity contribution is 9.10. The summed E-state index contributed by atoms with van der Waals surface area (Å²) in [4.78, 5) is 21.9. The minimum atomic E-state index is -3.84. The van der Waals surface area contributed by atoms with E-state index in [-0.39, 0.29) is 58.1 Å². The van der Waals surface area contributed by atoms with Crippen LogP contribution in [0.1, 0.15) is 27.2 Å². The van der Waals surface area contributed by atoms with Crippen LogP contribution in [0.3, 0.4) is 0 Å². The minimum absolute atomic E-state index is 0.00838. The van der Waals surface area contributed by atoms with Gasteiger partial charge in [-0.1, -0.05) is 11.6 Å². The lowest BCUT2D eigenvalue weighted by Gasteiger charge is -2.24. The van der Waals surface area contributed by atoms with Crippen molar-refractivity contribution < 1.29 is 27.1 Å². The molecule has 30 heavy (non-hydrogen) atoms. The number of carbonyl (C=O) groups is 1. The molecule has 1 aliphatic heterocycles. The van der Waals surface area contributed by atoms with E-state index in [2.05, 4.69) is 25.9 Å². The van der Waals surface area contributed by atoms with Crippen LogP contribution in [-0.4, -0.2) is 55.9 Å². The van der Waals surface area contributed by atoms with Crippen molar-refractivity contribution in [2.75, 3.05) is 30.9 Å². The van der Waals surface area contributed by atoms with Crippen LogP contribution in [0.25, 0.3) is 10.9 Å². The van der Waals surface area contributed by atoms with E-state index in [1.54, 1.807) is 25.7 Å². The molecular formula is C18H20BrClFN3O5S. The van der Waals surface area contributed by atoms with Crippen molar-refractivity contribution in [3.05, 3.63) is 15.3 Å². The summed E-state index contributed by atoms with van der Waals surface area (Å²) in [6.45, 7) is 5.86. The Morgan fingerprint density at radius 3 is 2.63 bits per heavy atom. The molecule has 0 fully saturated rings. The molecule has 0 N–H and O–H groups in total. The molecule has 8 nitrogen and oxygen atoms in total. The third-order valence-corrected chi connectivity index (χ3v) is 6.31. The molecule has 0 atom stereocenters. The lowest BCUT2D eigenvalue weighted by molar-refractivity contribution is -0.154. The summed E-state index contributed by atoms with van der Waals surface area (Å²) in [5, 5.41) is -0.394. The number of aromatic nitrogens is 2. The van der Waals surface area contributed by atoms with Crippen molar-refractivity contribution >= 4 is 60.1 Å². The van der Waals surface area contributed by atoms with E-state index >= 15 is 0 Å². The van der Waals surface area contributed by atoms with Crippen molar-refractivity contribution in [1.82, 2.24) is 9.97 Å². The highest BCUT2D eigenvalue weighted by atomic mass is 79.9. The number of halogens is 3. The smallest absolute Gasteiger partial charge is 0.308 e. The summed E-state index contributed by atoms with van der Waals surface area (Å²) < 4.78 is 50.1. The molecule has 12 heteroatoms. The zero-order valence-corrected chi connectivity index (χ0v) is 19.9. The summed E-state index contributed by atoms with van der Waals surface area (Å²) in [5.74, 6) is -0.981. The molecule has 0 saturated heterocycles. The van der Waals surface area contributed by atoms with Crippen molar-refractivity contribution in [2.24, 2.45) is 0 Å². The Hall–Kier alpha value is -1.72. The maximum absolute atomic E-state index is 14.9. The van der Waals surface area contributed by atoms with Crippen LogP contribution >= 0.6 is 27.5 Å². The number of benzene rings is 1. The molecular weight excluding hydrogens is 505 g/mol. The third kappa shape index (κ3) is 4.62. The average molecular weight is 525 g/mol. The average Bonchev–Trinajstić information content (AvgIpc) is 2.80. The molecule has 0 aliphatic carbocycles. The minimum Gasteiger partial charge on any atom is -0.489 e. The fourth-order valence-corrected chi connectivity index (χ4v) is 4.05. The van der Waals surface area contributed by atoms with E-state index in [1.807, 2.05) is 0 Å². The molecule has 0 saturated carbocycles. The van der Waals surface area contributed by atoms with Crippen molar-refractivity contribution in [1.29, 1.82) is 0 Å². The maximum Gasteiger partial charge on any atom is 0.308 e. The summed E-state index contributed by atoms with van der Waals surface area (Å²) in [7, 11) is -3.84. The molecule has 2 heterocycles. The zero-order valence-electron chi connectivity index (χ0n) is 16.8. The van der Waals surface area contributed by atoms with Gasteiger partial charge in [0.15, 0.2) is 11.6 Å². The standard InChI is InChI=1S/C18H20BrClFN3O5S/c1-18(2,3)29-9(25)5-6-24-7-8-28-15-10-14(13(21)11(19)12(15)20)22-17(23-16(10)24)30(4,26)27/h5-8H2,1-4H3. The second kappa shape index (κ2) is 8.08. The van der Waals surface area contributed by atoms with E-state index in [1.165, 1.54) is 0 Å². The number of anilines is 1. The molecule has 1 aromatic heterocycles. The lowest BCUT2D eigenvalue weighted by Crippen LogP contribution is -2.32. The molecule has 1 aromatic carbocycles. The van der Waals surface area contributed by atoms with Gasteiger partial charge < -0.3 is 14.4 Å². The van der Waals surface area contributed by atoms with Gasteiger partial charge in [-0.25, -0.2) is 22.8 Å². The second-order valence-electron chi connectivity index (χ2n) is 7.77. The quantitative estimate of drug-likeness (QED) is 0.340. The van der Waals surface area contributed by atoms with Gasteiger partial charge in [0, 0.05) is 12.8 Å². The monoisotopic (exact) mass is 523 g/mol. The fourth-order valence-electron chi connectivity index (χ4n) is 2.94. The number of ether oxygens (including phenoxy) is 2. The molecule has 0 bridgehead atoms. The topological polar surface area (TPSA) is 98.7 Å². The number of sulfone groups is 1. The molecule has 0 unspecified atom stereocenters. The van der Waals surface area contributed by atoms with Crippen molar-refractivity contribution in [2.45, 2.75) is 37.9 Å². The van der Waals surface area contributed by atoms with Crippen molar-refractivity contribution in [3.8, 4) is 5.75 Å². The Bertz CT molecular complexity index is 1140. The van der Waals surface area contributed by atoms with Crippen LogP contribution in [0.4, 0.5) is 10.2 Å². The molecule has 2 aromatic rings. The number of nitrogens with zero attached hydrogens (tertiary/aromatic N) is 3. The molecule has 1 aliphatic rings. The van der Waals surface area contributed by atoms with E-state index in [0.717, 1.165) is 6.26 Å². The Kier molecular flexibility index (Phi) is 6.18. The third-order valence-electron chi connectivity index (χ3n) is 4.13. The van der Waals surface area contributed by atoms with Gasteiger partial charge in [-0.3, -0.25) is 4.79 Å².